The van der Waals surface area contributed by atoms with Gasteiger partial charge < -0.3 is 4.55 Å². The summed E-state index contributed by atoms with van der Waals surface area (Å²) < 4.78 is 58.9. The predicted octanol–water partition coefficient (Wildman–Crippen LogP) is 0.233. The van der Waals surface area contributed by atoms with Gasteiger partial charge in [0.05, 0.1) is 0 Å². The number of aromatic nitrogens is 6. The van der Waals surface area contributed by atoms with Crippen LogP contribution in [0.2, 0.25) is 0 Å². The van der Waals surface area contributed by atoms with E-state index in [4.69, 9.17) is 13.0 Å². The van der Waals surface area contributed by atoms with Crippen LogP contribution in [-0.2, 0) is 10.1 Å². The van der Waals surface area contributed by atoms with Crippen LogP contribution in [0.15, 0.2) is 36.9 Å². The monoisotopic (exact) mass is 338 g/mol. The Balaban J connectivity index is 0.000000172. The standard InChI is InChI=1S/C7H6N2.CHF3O3S.CH2N4/c1-2-4-7-6(3-1)8-5-9-7;2-1(3,4)8(5,6)7;1-2-4-5-3-1/h1-5H,(H,8,9);(H,5,6,7);1H,(H,2,3,4,5). The van der Waals surface area contributed by atoms with Gasteiger partial charge in [0.2, 0.25) is 6.33 Å². The van der Waals surface area contributed by atoms with Gasteiger partial charge in [-0.25, -0.2) is 18.4 Å². The molecule has 3 N–H and O–H groups in total. The maximum absolute atomic E-state index is 10.7. The number of fused-ring (bicyclic) bond motifs is 1. The lowest BCUT2D eigenvalue weighted by molar-refractivity contribution is -0.344. The molecule has 0 aliphatic heterocycles. The molecule has 13 heteroatoms. The number of tetrazole rings is 1. The van der Waals surface area contributed by atoms with Crippen LogP contribution in [0.1, 0.15) is 0 Å². The number of hydrogen-bond donors (Lipinski definition) is 2. The van der Waals surface area contributed by atoms with Crippen LogP contribution >= 0.6 is 0 Å². The molecule has 3 aromatic rings. The van der Waals surface area contributed by atoms with E-state index in [-0.39, 0.29) is 0 Å². The molecule has 0 atom stereocenters. The fraction of sp³-hybridized carbons (Fsp3) is 0.111. The number of nitrogens with one attached hydrogen (secondary N) is 3. The molecule has 120 valence electrons. The number of para-hydroxylation sites is 2. The van der Waals surface area contributed by atoms with Crippen molar-refractivity contribution in [1.29, 1.82) is 0 Å². The number of hydrogen-bond acceptors (Lipinski definition) is 6. The lowest BCUT2D eigenvalue weighted by atomic mass is 10.3. The molecule has 0 saturated carbocycles. The number of halogens is 3. The number of rotatable bonds is 0. The van der Waals surface area contributed by atoms with Crippen molar-refractivity contribution in [1.82, 2.24) is 25.6 Å². The number of nitrogens with zero attached hydrogens (tertiary/aromatic N) is 3. The highest BCUT2D eigenvalue weighted by atomic mass is 32.2. The summed E-state index contributed by atoms with van der Waals surface area (Å²) in [5, 5.41) is 12.2. The topological polar surface area (TPSA) is 142 Å². The number of imidazole rings is 1. The van der Waals surface area contributed by atoms with E-state index in [1.165, 1.54) is 6.33 Å². The van der Waals surface area contributed by atoms with Crippen molar-refractivity contribution in [2.24, 2.45) is 0 Å². The molecule has 2 aromatic heterocycles. The third-order valence-electron chi connectivity index (χ3n) is 1.94. The van der Waals surface area contributed by atoms with Gasteiger partial charge in [0.25, 0.3) is 0 Å². The first-order valence-electron chi connectivity index (χ1n) is 5.34. The van der Waals surface area contributed by atoms with Crippen molar-refractivity contribution in [2.45, 2.75) is 5.51 Å². The van der Waals surface area contributed by atoms with Gasteiger partial charge in [-0.3, -0.25) is 0 Å². The van der Waals surface area contributed by atoms with Gasteiger partial charge in [-0.2, -0.15) is 18.4 Å². The van der Waals surface area contributed by atoms with E-state index in [1.54, 1.807) is 0 Å². The zero-order valence-corrected chi connectivity index (χ0v) is 11.4. The molecule has 0 aliphatic carbocycles. The number of benzene rings is 1. The second kappa shape index (κ2) is 7.46. The van der Waals surface area contributed by atoms with E-state index >= 15 is 0 Å². The summed E-state index contributed by atoms with van der Waals surface area (Å²) in [6.45, 7) is 0. The van der Waals surface area contributed by atoms with Crippen LogP contribution in [-0.4, -0.2) is 44.1 Å². The predicted molar refractivity (Wildman–Crippen MR) is 64.8 cm³/mol. The largest absolute Gasteiger partial charge is 0.741 e. The Morgan fingerprint density at radius 2 is 1.86 bits per heavy atom. The summed E-state index contributed by atoms with van der Waals surface area (Å²) >= 11 is 0. The maximum Gasteiger partial charge on any atom is 0.485 e. The summed E-state index contributed by atoms with van der Waals surface area (Å²) in [5.74, 6) is 0. The van der Waals surface area contributed by atoms with Crippen molar-refractivity contribution < 1.29 is 31.1 Å². The average Bonchev–Trinajstić information content (AvgIpc) is 3.12. The summed E-state index contributed by atoms with van der Waals surface area (Å²) in [5.41, 5.74) is -3.34. The van der Waals surface area contributed by atoms with Gasteiger partial charge in [0, 0.05) is 0 Å². The molecule has 9 nitrogen and oxygen atoms in total. The van der Waals surface area contributed by atoms with E-state index < -0.39 is 15.6 Å². The van der Waals surface area contributed by atoms with Gasteiger partial charge >= 0.3 is 5.51 Å². The van der Waals surface area contributed by atoms with Crippen molar-refractivity contribution in [3.8, 4) is 0 Å². The summed E-state index contributed by atoms with van der Waals surface area (Å²) in [6.07, 6.45) is 3.16. The molecule has 0 radical (unpaired) electrons. The molecule has 0 bridgehead atoms. The second-order valence-corrected chi connectivity index (χ2v) is 4.81. The fourth-order valence-corrected chi connectivity index (χ4v) is 1.06. The fourth-order valence-electron chi connectivity index (χ4n) is 1.06. The molecule has 1 aromatic carbocycles. The number of alkyl halides is 3. The number of H-pyrrole nitrogens is 3. The summed E-state index contributed by atoms with van der Waals surface area (Å²) in [4.78, 5) is 6.13. The molecule has 0 aliphatic rings. The molecule has 0 amide bonds. The van der Waals surface area contributed by atoms with E-state index in [9.17, 15) is 13.2 Å². The molecule has 22 heavy (non-hydrogen) atoms. The van der Waals surface area contributed by atoms with Crippen LogP contribution in [0.25, 0.3) is 11.0 Å². The second-order valence-electron chi connectivity index (χ2n) is 3.44. The maximum atomic E-state index is 10.7. The zero-order chi connectivity index (χ0) is 16.6. The molecule has 0 unspecified atom stereocenters. The summed E-state index contributed by atoms with van der Waals surface area (Å²) in [6, 6.07) is 8.08. The van der Waals surface area contributed by atoms with E-state index in [0.29, 0.717) is 0 Å². The highest BCUT2D eigenvalue weighted by Gasteiger charge is 2.36. The molecule has 2 heterocycles. The molecule has 0 fully saturated rings. The zero-order valence-electron chi connectivity index (χ0n) is 10.6. The molecular formula is C9H9F3N6O3S. The van der Waals surface area contributed by atoms with Gasteiger partial charge in [-0.1, -0.05) is 17.3 Å². The lowest BCUT2D eigenvalue weighted by Gasteiger charge is -2.08. The quantitative estimate of drug-likeness (QED) is 0.444. The summed E-state index contributed by atoms with van der Waals surface area (Å²) in [7, 11) is -6.09. The highest BCUT2D eigenvalue weighted by molar-refractivity contribution is 7.86. The van der Waals surface area contributed by atoms with Crippen molar-refractivity contribution in [2.75, 3.05) is 0 Å². The van der Waals surface area contributed by atoms with Crippen molar-refractivity contribution in [3.63, 3.8) is 0 Å². The normalized spacial score (nSPS) is 11.1. The highest BCUT2D eigenvalue weighted by Crippen LogP contribution is 2.20. The lowest BCUT2D eigenvalue weighted by Crippen LogP contribution is -2.21. The van der Waals surface area contributed by atoms with Crippen molar-refractivity contribution in [3.05, 3.63) is 36.9 Å². The Bertz CT molecular complexity index is 724. The first kappa shape index (κ1) is 17.5. The molecular weight excluding hydrogens is 329 g/mol. The minimum atomic E-state index is -6.09. The Labute approximate surface area is 121 Å². The van der Waals surface area contributed by atoms with Crippen LogP contribution in [0.3, 0.4) is 0 Å². The van der Waals surface area contributed by atoms with E-state index in [1.807, 2.05) is 30.6 Å². The minimum Gasteiger partial charge on any atom is -0.741 e. The van der Waals surface area contributed by atoms with Gasteiger partial charge in [-0.05, 0) is 12.1 Å². The average molecular weight is 338 g/mol. The Hall–Kier alpha value is -2.54. The molecule has 0 saturated heterocycles. The van der Waals surface area contributed by atoms with Crippen LogP contribution in [0.5, 0.6) is 0 Å². The van der Waals surface area contributed by atoms with Crippen LogP contribution in [0.4, 0.5) is 13.2 Å². The van der Waals surface area contributed by atoms with Gasteiger partial charge in [0.1, 0.15) is 0 Å². The third-order valence-corrected chi connectivity index (χ3v) is 2.50. The first-order chi connectivity index (χ1) is 10.2. The minimum absolute atomic E-state index is 1.15. The third kappa shape index (κ3) is 5.84. The smallest absolute Gasteiger partial charge is 0.485 e. The Kier molecular flexibility index (Phi) is 5.94. The number of aromatic amines is 3. The van der Waals surface area contributed by atoms with Crippen LogP contribution < -0.4 is 4.98 Å². The van der Waals surface area contributed by atoms with E-state index in [0.717, 1.165) is 11.0 Å². The van der Waals surface area contributed by atoms with Crippen LogP contribution in [0, 0.1) is 0 Å². The van der Waals surface area contributed by atoms with Gasteiger partial charge in [0.15, 0.2) is 27.5 Å². The first-order valence-corrected chi connectivity index (χ1v) is 6.75. The van der Waals surface area contributed by atoms with Crippen molar-refractivity contribution >= 4 is 21.2 Å². The Morgan fingerprint density at radius 1 is 1.23 bits per heavy atom. The molecule has 0 spiro atoms. The van der Waals surface area contributed by atoms with Gasteiger partial charge in [-0.15, -0.1) is 10.2 Å². The Morgan fingerprint density at radius 3 is 2.27 bits per heavy atom. The van der Waals surface area contributed by atoms with E-state index in [2.05, 4.69) is 30.6 Å². The SMILES string of the molecule is O=S(=O)([O-])C(F)(F)F.c1ccc2[nH+]c[nH]c2c1.c1nn[nH]n1. The molecule has 3 rings (SSSR count).